The fourth-order valence-electron chi connectivity index (χ4n) is 3.42. The van der Waals surface area contributed by atoms with E-state index in [9.17, 15) is 4.79 Å². The van der Waals surface area contributed by atoms with Crippen LogP contribution in [-0.2, 0) is 11.2 Å². The molecule has 1 aromatic heterocycles. The van der Waals surface area contributed by atoms with E-state index in [0.717, 1.165) is 37.2 Å². The lowest BCUT2D eigenvalue weighted by atomic mass is 9.93. The molecule has 0 saturated carbocycles. The predicted molar refractivity (Wildman–Crippen MR) is 101 cm³/mol. The van der Waals surface area contributed by atoms with E-state index in [-0.39, 0.29) is 11.9 Å². The molecule has 0 unspecified atom stereocenters. The first-order valence-corrected chi connectivity index (χ1v) is 9.94. The van der Waals surface area contributed by atoms with Crippen molar-refractivity contribution in [1.82, 2.24) is 4.90 Å². The molecular formula is C20H27N2O2S+. The van der Waals surface area contributed by atoms with Crippen LogP contribution in [0.2, 0.25) is 0 Å². The van der Waals surface area contributed by atoms with E-state index in [1.54, 1.807) is 18.4 Å². The quantitative estimate of drug-likeness (QED) is 0.773. The summed E-state index contributed by atoms with van der Waals surface area (Å²) in [6.45, 7) is 4.53. The number of nitrogens with two attached hydrogens (primary N) is 1. The van der Waals surface area contributed by atoms with Crippen molar-refractivity contribution in [2.75, 3.05) is 26.7 Å². The number of quaternary nitrogens is 1. The van der Waals surface area contributed by atoms with Crippen LogP contribution in [0.15, 0.2) is 35.7 Å². The molecule has 0 saturated heterocycles. The fourth-order valence-corrected chi connectivity index (χ4v) is 4.33. The van der Waals surface area contributed by atoms with Crippen LogP contribution < -0.4 is 10.1 Å². The molecule has 1 aromatic carbocycles. The van der Waals surface area contributed by atoms with Gasteiger partial charge in [0.1, 0.15) is 5.75 Å². The van der Waals surface area contributed by atoms with Crippen molar-refractivity contribution in [3.05, 3.63) is 51.7 Å². The number of methoxy groups -OCH3 is 1. The number of hydrogen-bond acceptors (Lipinski definition) is 3. The Hall–Kier alpha value is -1.85. The molecule has 1 atom stereocenters. The van der Waals surface area contributed by atoms with Gasteiger partial charge in [-0.05, 0) is 47.5 Å². The normalized spacial score (nSPS) is 16.6. The van der Waals surface area contributed by atoms with Crippen molar-refractivity contribution in [3.8, 4) is 5.75 Å². The molecule has 2 aromatic rings. The van der Waals surface area contributed by atoms with E-state index in [1.165, 1.54) is 16.9 Å². The van der Waals surface area contributed by atoms with Gasteiger partial charge in [0, 0.05) is 11.4 Å². The Bertz CT molecular complexity index is 696. The molecule has 1 aliphatic heterocycles. The zero-order valence-electron chi connectivity index (χ0n) is 15.0. The van der Waals surface area contributed by atoms with Crippen molar-refractivity contribution in [2.45, 2.75) is 32.2 Å². The lowest BCUT2D eigenvalue weighted by Crippen LogP contribution is -2.86. The SMILES string of the molecule is CCCC[NH2+]CC(=O)N1CCc2sccc2[C@@H]1c1ccc(OC)cc1. The Labute approximate surface area is 153 Å². The second-order valence-corrected chi connectivity index (χ2v) is 7.45. The van der Waals surface area contributed by atoms with Crippen LogP contribution in [0.1, 0.15) is 41.8 Å². The van der Waals surface area contributed by atoms with Crippen LogP contribution in [0, 0.1) is 0 Å². The van der Waals surface area contributed by atoms with Gasteiger partial charge in [-0.25, -0.2) is 0 Å². The smallest absolute Gasteiger partial charge is 0.278 e. The van der Waals surface area contributed by atoms with Crippen LogP contribution in [0.3, 0.4) is 0 Å². The number of benzene rings is 1. The summed E-state index contributed by atoms with van der Waals surface area (Å²) >= 11 is 1.80. The van der Waals surface area contributed by atoms with Crippen LogP contribution in [0.5, 0.6) is 5.75 Å². The molecule has 5 heteroatoms. The van der Waals surface area contributed by atoms with E-state index in [2.05, 4.69) is 40.7 Å². The Morgan fingerprint density at radius 2 is 2.12 bits per heavy atom. The Morgan fingerprint density at radius 1 is 1.32 bits per heavy atom. The molecular weight excluding hydrogens is 332 g/mol. The topological polar surface area (TPSA) is 46.2 Å². The third-order valence-corrected chi connectivity index (χ3v) is 5.80. The monoisotopic (exact) mass is 359 g/mol. The third-order valence-electron chi connectivity index (χ3n) is 4.80. The third kappa shape index (κ3) is 4.05. The standard InChI is InChI=1S/C20H26N2O2S/c1-3-4-11-21-14-19(23)22-12-9-18-17(10-13-25-18)20(22)15-5-7-16(24-2)8-6-15/h5-8,10,13,20-21H,3-4,9,11-12,14H2,1-2H3/p+1/t20-/m0/s1. The first kappa shape index (κ1) is 18.0. The number of fused-ring (bicyclic) bond motifs is 1. The van der Waals surface area contributed by atoms with Gasteiger partial charge in [0.25, 0.3) is 5.91 Å². The van der Waals surface area contributed by atoms with Crippen LogP contribution in [-0.4, -0.2) is 37.6 Å². The van der Waals surface area contributed by atoms with Gasteiger partial charge >= 0.3 is 0 Å². The molecule has 134 valence electrons. The highest BCUT2D eigenvalue weighted by Gasteiger charge is 2.33. The zero-order chi connectivity index (χ0) is 17.6. The molecule has 1 aliphatic rings. The summed E-state index contributed by atoms with van der Waals surface area (Å²) in [6.07, 6.45) is 3.28. The van der Waals surface area contributed by atoms with Crippen molar-refractivity contribution in [2.24, 2.45) is 0 Å². The van der Waals surface area contributed by atoms with Crippen molar-refractivity contribution in [3.63, 3.8) is 0 Å². The number of carbonyl (C=O) groups is 1. The summed E-state index contributed by atoms with van der Waals surface area (Å²) in [5.74, 6) is 1.07. The number of rotatable bonds is 7. The lowest BCUT2D eigenvalue weighted by Gasteiger charge is -2.36. The van der Waals surface area contributed by atoms with Gasteiger partial charge in [-0.3, -0.25) is 4.79 Å². The number of hydrogen-bond donors (Lipinski definition) is 1. The minimum absolute atomic E-state index is 0.0213. The van der Waals surface area contributed by atoms with E-state index >= 15 is 0 Å². The summed E-state index contributed by atoms with van der Waals surface area (Å²) < 4.78 is 5.28. The van der Waals surface area contributed by atoms with E-state index < -0.39 is 0 Å². The molecule has 0 aliphatic carbocycles. The number of ether oxygens (including phenoxy) is 1. The van der Waals surface area contributed by atoms with Gasteiger partial charge in [-0.2, -0.15) is 0 Å². The molecule has 1 amide bonds. The maximum Gasteiger partial charge on any atom is 0.278 e. The molecule has 0 bridgehead atoms. The molecule has 4 nitrogen and oxygen atoms in total. The minimum Gasteiger partial charge on any atom is -0.497 e. The number of unbranched alkanes of at least 4 members (excludes halogenated alkanes) is 1. The summed E-state index contributed by atoms with van der Waals surface area (Å²) in [5.41, 5.74) is 2.44. The maximum absolute atomic E-state index is 12.9. The summed E-state index contributed by atoms with van der Waals surface area (Å²) in [7, 11) is 1.68. The highest BCUT2D eigenvalue weighted by Crippen LogP contribution is 2.38. The summed E-state index contributed by atoms with van der Waals surface area (Å²) in [6, 6.07) is 10.3. The van der Waals surface area contributed by atoms with Gasteiger partial charge in [-0.15, -0.1) is 11.3 Å². The molecule has 2 N–H and O–H groups in total. The zero-order valence-corrected chi connectivity index (χ0v) is 15.8. The Morgan fingerprint density at radius 3 is 2.84 bits per heavy atom. The number of thiophene rings is 1. The Balaban J connectivity index is 1.82. The largest absolute Gasteiger partial charge is 0.497 e. The highest BCUT2D eigenvalue weighted by atomic mass is 32.1. The van der Waals surface area contributed by atoms with Crippen LogP contribution in [0.25, 0.3) is 0 Å². The van der Waals surface area contributed by atoms with Gasteiger partial charge in [0.15, 0.2) is 6.54 Å². The molecule has 0 spiro atoms. The lowest BCUT2D eigenvalue weighted by molar-refractivity contribution is -0.644. The van der Waals surface area contributed by atoms with E-state index in [1.807, 2.05) is 12.1 Å². The van der Waals surface area contributed by atoms with E-state index in [0.29, 0.717) is 6.54 Å². The number of nitrogens with zero attached hydrogens (tertiary/aromatic N) is 1. The molecule has 0 fully saturated rings. The number of amides is 1. The molecule has 3 rings (SSSR count). The predicted octanol–water partition coefficient (Wildman–Crippen LogP) is 2.59. The molecule has 25 heavy (non-hydrogen) atoms. The van der Waals surface area contributed by atoms with E-state index in [4.69, 9.17) is 4.74 Å². The van der Waals surface area contributed by atoms with Crippen LogP contribution >= 0.6 is 11.3 Å². The van der Waals surface area contributed by atoms with Crippen LogP contribution in [0.4, 0.5) is 0 Å². The van der Waals surface area contributed by atoms with Crippen molar-refractivity contribution >= 4 is 17.2 Å². The Kier molecular flexibility index (Phi) is 6.10. The second-order valence-electron chi connectivity index (χ2n) is 6.45. The molecule has 0 radical (unpaired) electrons. The summed E-state index contributed by atoms with van der Waals surface area (Å²) in [4.78, 5) is 16.3. The summed E-state index contributed by atoms with van der Waals surface area (Å²) in [5, 5.41) is 4.28. The minimum atomic E-state index is 0.0213. The average molecular weight is 360 g/mol. The average Bonchev–Trinajstić information content (AvgIpc) is 3.13. The first-order chi connectivity index (χ1) is 12.2. The second kappa shape index (κ2) is 8.50. The van der Waals surface area contributed by atoms with Gasteiger partial charge in [0.05, 0.1) is 19.7 Å². The maximum atomic E-state index is 12.9. The highest BCUT2D eigenvalue weighted by molar-refractivity contribution is 7.10. The van der Waals surface area contributed by atoms with Crippen molar-refractivity contribution in [1.29, 1.82) is 0 Å². The number of carbonyl (C=O) groups excluding carboxylic acids is 1. The van der Waals surface area contributed by atoms with Gasteiger partial charge in [-0.1, -0.05) is 25.5 Å². The molecule has 2 heterocycles. The first-order valence-electron chi connectivity index (χ1n) is 9.06. The van der Waals surface area contributed by atoms with Crippen molar-refractivity contribution < 1.29 is 14.8 Å². The fraction of sp³-hybridized carbons (Fsp3) is 0.450. The van der Waals surface area contributed by atoms with Gasteiger partial charge < -0.3 is 15.0 Å². The van der Waals surface area contributed by atoms with Gasteiger partial charge in [0.2, 0.25) is 0 Å².